The molecule has 27 heavy (non-hydrogen) atoms. The van der Waals surface area contributed by atoms with Gasteiger partial charge in [0, 0.05) is 25.2 Å². The van der Waals surface area contributed by atoms with E-state index in [1.165, 1.54) is 38.5 Å². The van der Waals surface area contributed by atoms with Crippen molar-refractivity contribution in [2.45, 2.75) is 89.9 Å². The second-order valence-corrected chi connectivity index (χ2v) is 6.80. The van der Waals surface area contributed by atoms with Crippen molar-refractivity contribution in [3.8, 4) is 0 Å². The van der Waals surface area contributed by atoms with E-state index in [4.69, 9.17) is 10.2 Å². The zero-order valence-electron chi connectivity index (χ0n) is 16.6. The lowest BCUT2D eigenvalue weighted by molar-refractivity contribution is -0.138. The van der Waals surface area contributed by atoms with Crippen molar-refractivity contribution in [3.05, 3.63) is 36.7 Å². The minimum Gasteiger partial charge on any atom is -0.481 e. The van der Waals surface area contributed by atoms with Crippen molar-refractivity contribution in [2.24, 2.45) is 0 Å². The van der Waals surface area contributed by atoms with E-state index < -0.39 is 11.9 Å². The van der Waals surface area contributed by atoms with Crippen molar-refractivity contribution in [2.75, 3.05) is 0 Å². The number of carboxylic acids is 2. The third-order valence-corrected chi connectivity index (χ3v) is 4.25. The lowest BCUT2D eigenvalue weighted by Gasteiger charge is -2.02. The van der Waals surface area contributed by atoms with Gasteiger partial charge in [-0.05, 0) is 25.0 Å². The van der Waals surface area contributed by atoms with Gasteiger partial charge in [0.2, 0.25) is 0 Å². The summed E-state index contributed by atoms with van der Waals surface area (Å²) in [6.45, 7) is 0. The normalized spacial score (nSPS) is 12.0. The number of carbonyl (C=O) groups is 2. The summed E-state index contributed by atoms with van der Waals surface area (Å²) in [6, 6.07) is 0. The third-order valence-electron chi connectivity index (χ3n) is 4.25. The highest BCUT2D eigenvalue weighted by atomic mass is 16.4. The van der Waals surface area contributed by atoms with E-state index >= 15 is 0 Å². The average Bonchev–Trinajstić information content (AvgIpc) is 2.95. The predicted molar refractivity (Wildman–Crippen MR) is 110 cm³/mol. The molecule has 0 saturated carbocycles. The van der Waals surface area contributed by atoms with Crippen LogP contribution in [0, 0.1) is 0 Å². The monoisotopic (exact) mass is 379 g/mol. The predicted octanol–water partition coefficient (Wildman–Crippen LogP) is 5.79. The van der Waals surface area contributed by atoms with E-state index in [2.05, 4.69) is 5.32 Å². The average molecular weight is 380 g/mol. The van der Waals surface area contributed by atoms with Crippen LogP contribution in [0.25, 0.3) is 0 Å². The van der Waals surface area contributed by atoms with E-state index in [1.54, 1.807) is 0 Å². The summed E-state index contributed by atoms with van der Waals surface area (Å²) in [5.74, 6) is -1.37. The first kappa shape index (κ1) is 25.0. The molecule has 5 heteroatoms. The molecule has 1 aliphatic heterocycles. The molecule has 0 aliphatic carbocycles. The molecule has 0 saturated heterocycles. The standard InChI is InChI=1S/C16H30O4.C6H7N/c17-15(18)13-11-9-7-5-3-1-2-4-6-8-10-12-14-16(19)20;1-2-4-6-7-5-3-1/h1-14H2,(H,17,18)(H,19,20);1-7H. The smallest absolute Gasteiger partial charge is 0.303 e. The Morgan fingerprint density at radius 2 is 0.815 bits per heavy atom. The summed E-state index contributed by atoms with van der Waals surface area (Å²) < 4.78 is 0. The fourth-order valence-corrected chi connectivity index (χ4v) is 2.73. The molecule has 0 bridgehead atoms. The summed E-state index contributed by atoms with van der Waals surface area (Å²) in [7, 11) is 0. The van der Waals surface area contributed by atoms with E-state index in [1.807, 2.05) is 36.7 Å². The fourth-order valence-electron chi connectivity index (χ4n) is 2.73. The Bertz CT molecular complexity index is 415. The molecule has 0 atom stereocenters. The zero-order valence-corrected chi connectivity index (χ0v) is 16.6. The number of aliphatic carboxylic acids is 2. The zero-order chi connectivity index (χ0) is 20.0. The molecule has 0 aromatic rings. The number of nitrogens with one attached hydrogen (secondary N) is 1. The molecule has 0 aromatic carbocycles. The molecule has 5 nitrogen and oxygen atoms in total. The van der Waals surface area contributed by atoms with Gasteiger partial charge in [-0.3, -0.25) is 9.59 Å². The number of hydrogen-bond donors (Lipinski definition) is 3. The highest BCUT2D eigenvalue weighted by Gasteiger charge is 1.98. The third kappa shape index (κ3) is 24.0. The minimum atomic E-state index is -0.687. The second-order valence-electron chi connectivity index (χ2n) is 6.80. The molecule has 0 unspecified atom stereocenters. The van der Waals surface area contributed by atoms with Gasteiger partial charge in [0.25, 0.3) is 0 Å². The summed E-state index contributed by atoms with van der Waals surface area (Å²) in [5.41, 5.74) is 0. The molecule has 3 N–H and O–H groups in total. The first-order valence-electron chi connectivity index (χ1n) is 10.3. The van der Waals surface area contributed by atoms with Crippen LogP contribution in [-0.4, -0.2) is 22.2 Å². The second kappa shape index (κ2) is 20.3. The number of hydrogen-bond acceptors (Lipinski definition) is 3. The molecule has 1 aliphatic rings. The highest BCUT2D eigenvalue weighted by molar-refractivity contribution is 5.66. The SMILES string of the molecule is C1=CC=CNC=C1.O=C(O)CCCCCCCCCCCCCCC(=O)O. The Balaban J connectivity index is 0.000000797. The van der Waals surface area contributed by atoms with Crippen LogP contribution in [0.3, 0.4) is 0 Å². The van der Waals surface area contributed by atoms with E-state index in [9.17, 15) is 9.59 Å². The minimum absolute atomic E-state index is 0.307. The maximum Gasteiger partial charge on any atom is 0.303 e. The lowest BCUT2D eigenvalue weighted by atomic mass is 10.0. The van der Waals surface area contributed by atoms with E-state index in [0.717, 1.165) is 38.5 Å². The summed E-state index contributed by atoms with van der Waals surface area (Å²) in [6.07, 6.45) is 25.7. The van der Waals surface area contributed by atoms with Gasteiger partial charge in [0.05, 0.1) is 0 Å². The van der Waals surface area contributed by atoms with Crippen molar-refractivity contribution in [1.29, 1.82) is 0 Å². The molecule has 1 heterocycles. The van der Waals surface area contributed by atoms with Gasteiger partial charge in [0.1, 0.15) is 0 Å². The van der Waals surface area contributed by atoms with Gasteiger partial charge in [0.15, 0.2) is 0 Å². The van der Waals surface area contributed by atoms with Crippen molar-refractivity contribution >= 4 is 11.9 Å². The Morgan fingerprint density at radius 1 is 0.519 bits per heavy atom. The van der Waals surface area contributed by atoms with Crippen LogP contribution in [0.4, 0.5) is 0 Å². The molecule has 0 aromatic heterocycles. The van der Waals surface area contributed by atoms with E-state index in [0.29, 0.717) is 12.8 Å². The lowest BCUT2D eigenvalue weighted by Crippen LogP contribution is -1.93. The summed E-state index contributed by atoms with van der Waals surface area (Å²) in [4.78, 5) is 20.6. The first-order valence-corrected chi connectivity index (χ1v) is 10.3. The van der Waals surface area contributed by atoms with Gasteiger partial charge in [-0.25, -0.2) is 0 Å². The quantitative estimate of drug-likeness (QED) is 0.313. The van der Waals surface area contributed by atoms with Gasteiger partial charge in [-0.1, -0.05) is 76.4 Å². The van der Waals surface area contributed by atoms with Crippen LogP contribution < -0.4 is 5.32 Å². The topological polar surface area (TPSA) is 86.6 Å². The van der Waals surface area contributed by atoms with Gasteiger partial charge >= 0.3 is 11.9 Å². The van der Waals surface area contributed by atoms with Gasteiger partial charge < -0.3 is 15.5 Å². The Labute approximate surface area is 164 Å². The summed E-state index contributed by atoms with van der Waals surface area (Å²) in [5, 5.41) is 19.9. The van der Waals surface area contributed by atoms with Crippen LogP contribution in [0.5, 0.6) is 0 Å². The van der Waals surface area contributed by atoms with E-state index in [-0.39, 0.29) is 0 Å². The molecule has 0 spiro atoms. The molecule has 0 fully saturated rings. The van der Waals surface area contributed by atoms with Crippen molar-refractivity contribution in [3.63, 3.8) is 0 Å². The number of rotatable bonds is 15. The molecule has 0 radical (unpaired) electrons. The molecular weight excluding hydrogens is 342 g/mol. The molecule has 154 valence electrons. The van der Waals surface area contributed by atoms with Crippen LogP contribution in [0.1, 0.15) is 89.9 Å². The Hall–Kier alpha value is -2.04. The molecular formula is C22H37NO4. The maximum absolute atomic E-state index is 10.3. The van der Waals surface area contributed by atoms with Crippen molar-refractivity contribution < 1.29 is 19.8 Å². The largest absolute Gasteiger partial charge is 0.481 e. The van der Waals surface area contributed by atoms with Crippen LogP contribution in [-0.2, 0) is 9.59 Å². The fraction of sp³-hybridized carbons (Fsp3) is 0.636. The van der Waals surface area contributed by atoms with Crippen LogP contribution in [0.15, 0.2) is 36.7 Å². The number of carboxylic acid groups (broad SMARTS) is 2. The Morgan fingerprint density at radius 3 is 1.11 bits per heavy atom. The number of allylic oxidation sites excluding steroid dienone is 4. The summed E-state index contributed by atoms with van der Waals surface area (Å²) >= 11 is 0. The first-order chi connectivity index (χ1) is 13.1. The Kier molecular flexibility index (Phi) is 18.7. The highest BCUT2D eigenvalue weighted by Crippen LogP contribution is 2.12. The number of unbranched alkanes of at least 4 members (excludes halogenated alkanes) is 11. The molecule has 0 amide bonds. The van der Waals surface area contributed by atoms with Gasteiger partial charge in [-0.15, -0.1) is 0 Å². The van der Waals surface area contributed by atoms with Gasteiger partial charge in [-0.2, -0.15) is 0 Å². The molecule has 1 rings (SSSR count). The van der Waals surface area contributed by atoms with Crippen LogP contribution >= 0.6 is 0 Å². The maximum atomic E-state index is 10.3. The van der Waals surface area contributed by atoms with Crippen molar-refractivity contribution in [1.82, 2.24) is 5.32 Å². The van der Waals surface area contributed by atoms with Crippen LogP contribution in [0.2, 0.25) is 0 Å².